The quantitative estimate of drug-likeness (QED) is 0.0199. The molecule has 5 fully saturated rings. The first-order valence-electron chi connectivity index (χ1n) is 33.1. The maximum absolute atomic E-state index is 13.2. The zero-order chi connectivity index (χ0) is 99.7. The average Bonchev–Trinajstić information content (AvgIpc) is 0.750. The van der Waals surface area contributed by atoms with Gasteiger partial charge in [0.2, 0.25) is 0 Å². The average molecular weight is 2250 g/mol. The number of rotatable bonds is 55. The molecule has 1 unspecified atom stereocenters. The lowest BCUT2D eigenvalue weighted by Crippen LogP contribution is -2.70. The van der Waals surface area contributed by atoms with Crippen LogP contribution in [0, 0.1) is 0 Å². The van der Waals surface area contributed by atoms with Crippen LogP contribution in [-0.2, 0) is 281 Å². The first kappa shape index (κ1) is 118. The maximum Gasteiger partial charge on any atom is 0.397 e. The second-order valence-corrected chi connectivity index (χ2v) is 42.4. The van der Waals surface area contributed by atoms with Gasteiger partial charge in [0.15, 0.2) is 62.0 Å². The summed E-state index contributed by atoms with van der Waals surface area (Å²) in [5.74, 6) is 0. The highest BCUT2D eigenvalue weighted by Crippen LogP contribution is 2.44. The van der Waals surface area contributed by atoms with E-state index in [4.69, 9.17) is 47.4 Å². The highest BCUT2D eigenvalue weighted by Gasteiger charge is 2.65. The molecule has 90 heteroatoms. The van der Waals surface area contributed by atoms with Crippen LogP contribution in [-0.4, -0.2) is 401 Å². The molecular weight excluding hydrogens is 2180 g/mol. The number of unbranched alkanes of at least 4 members (excludes halogenated alkanes) is 7. The van der Waals surface area contributed by atoms with Crippen LogP contribution in [0.1, 0.15) is 58.3 Å². The summed E-state index contributed by atoms with van der Waals surface area (Å²) >= 11 is 0. The molecule has 0 saturated carbocycles. The molecule has 16 N–H and O–H groups in total. The predicted molar refractivity (Wildman–Crippen MR) is 379 cm³/mol. The van der Waals surface area contributed by atoms with E-state index in [2.05, 4.69) is 66.9 Å². The van der Waals surface area contributed by atoms with Crippen molar-refractivity contribution in [3.8, 4) is 0 Å². The third-order valence-corrected chi connectivity index (χ3v) is 23.2. The van der Waals surface area contributed by atoms with Crippen LogP contribution in [0.15, 0.2) is 0 Å². The molecule has 5 heterocycles. The van der Waals surface area contributed by atoms with Crippen LogP contribution >= 0.6 is 0 Å². The molecular formula is C40H72O74S16. The van der Waals surface area contributed by atoms with E-state index in [1.807, 2.05) is 6.92 Å². The summed E-state index contributed by atoms with van der Waals surface area (Å²) in [5, 5.41) is 0. The maximum atomic E-state index is 13.2. The summed E-state index contributed by atoms with van der Waals surface area (Å²) in [7, 11) is -105. The fourth-order valence-corrected chi connectivity index (χ4v) is 18.8. The van der Waals surface area contributed by atoms with Crippen molar-refractivity contribution in [1.29, 1.82) is 0 Å². The van der Waals surface area contributed by atoms with Crippen molar-refractivity contribution in [1.82, 2.24) is 0 Å². The topological polar surface area (TPSA) is 1110 Å². The highest BCUT2D eigenvalue weighted by atomic mass is 32.3. The van der Waals surface area contributed by atoms with Crippen LogP contribution < -0.4 is 0 Å². The summed E-state index contributed by atoms with van der Waals surface area (Å²) in [6.07, 6.45) is -88.5. The highest BCUT2D eigenvalue weighted by molar-refractivity contribution is 7.84. The smallest absolute Gasteiger partial charge is 0.350 e. The van der Waals surface area contributed by atoms with Crippen LogP contribution in [0.5, 0.6) is 0 Å². The van der Waals surface area contributed by atoms with Crippen molar-refractivity contribution in [2.45, 2.75) is 212 Å². The van der Waals surface area contributed by atoms with Gasteiger partial charge >= 0.3 is 166 Å². The van der Waals surface area contributed by atoms with Crippen molar-refractivity contribution in [3.63, 3.8) is 0 Å². The van der Waals surface area contributed by atoms with Gasteiger partial charge in [-0.2, -0.15) is 135 Å². The zero-order valence-corrected chi connectivity index (χ0v) is 75.8. The van der Waals surface area contributed by atoms with Crippen LogP contribution in [0.4, 0.5) is 0 Å². The summed E-state index contributed by atoms with van der Waals surface area (Å²) in [6, 6.07) is 0. The Morgan fingerprint density at radius 2 is 0.338 bits per heavy atom. The molecule has 25 atom stereocenters. The van der Waals surface area contributed by atoms with Gasteiger partial charge in [0, 0.05) is 6.61 Å². The molecule has 0 aromatic carbocycles. The van der Waals surface area contributed by atoms with E-state index in [0.29, 0.717) is 19.3 Å². The molecule has 5 aliphatic heterocycles. The lowest BCUT2D eigenvalue weighted by molar-refractivity contribution is -0.384. The summed E-state index contributed by atoms with van der Waals surface area (Å²) in [4.78, 5) is 0. The standard InChI is InChI=1S/C40H72O74S16/c1-2-3-4-5-6-7-8-9-10-89-36-31(110-126(74,75)76)26(105-121(59,60)61)21(16(95-36)11-90-115(41,42)43)100-37-32(111-127(77,78)79)27(106-122(62,63)64)22(17(96-37)12-91-116(44,45)46)101-38-33(112-128(80,81)82)28(107-123(65,66)67)23(18(97-38)13-92-117(47,48)49)102-39-34(113-129(83,84)85)29(108-124(68,69)70)24(19(98-39)14-93-118(50,51)52)103-40-35(114-130(86,87)88)30(109-125(71,72)73)25(104-120(56,57)58)20(99-40)15-94-119(53,54)55/h16-40H,2-15H2,1H3,(H,41,42,43)(H,44,45,46)(H,47,48,49)(H,50,51,52)(H,53,54,55)(H,56,57,58)(H,59,60,61)(H,62,63,64)(H,65,66,67)(H,68,69,70)(H,71,72,73)(H,74,75,76)(H,77,78,79)(H,80,81,82)(H,83,84,85)(H,86,87,88)/t16-,17-,18-,19-,20-,21-,22-,23-,24-,25-,26+,27+,28+,29+,30+,31-,32-,33-,34-,35-,36?,37-,38-,39-,40-/m1/s1. The SMILES string of the molecule is CCCCCCCCCCOC1O[C@H](COS(=O)(=O)O)[C@@H](O[C@H]2O[C@H](COS(=O)(=O)O)[C@@H](O[C@H]3O[C@H](COS(=O)(=O)O)[C@@H](O[C@H]4O[C@H](COS(=O)(=O)O)[C@@H](O[C@H]5O[C@H](COS(=O)(=O)O)[C@@H](OS(=O)(=O)O)[C@H](OS(=O)(=O)O)[C@H]5OS(=O)(=O)O)[C@H](OS(=O)(=O)O)[C@H]4OS(=O)(=O)O)[C@H](OS(=O)(=O)O)[C@H]3OS(=O)(=O)O)[C@H](OS(=O)(=O)O)[C@H]2OS(=O)(=O)O)[C@H](OS(=O)(=O)O)[C@H]1OS(=O)(=O)O. The summed E-state index contributed by atoms with van der Waals surface area (Å²) < 4.78 is 686. The molecule has 0 aromatic heterocycles. The molecule has 74 nitrogen and oxygen atoms in total. The summed E-state index contributed by atoms with van der Waals surface area (Å²) in [5.41, 5.74) is 0. The van der Waals surface area contributed by atoms with E-state index in [-0.39, 0.29) is 12.8 Å². The van der Waals surface area contributed by atoms with E-state index in [1.54, 1.807) is 0 Å². The Morgan fingerprint density at radius 3 is 0.531 bits per heavy atom. The van der Waals surface area contributed by atoms with E-state index >= 15 is 0 Å². The minimum absolute atomic E-state index is 0.129. The van der Waals surface area contributed by atoms with Crippen LogP contribution in [0.25, 0.3) is 0 Å². The molecule has 772 valence electrons. The lowest BCUT2D eigenvalue weighted by atomic mass is 9.95. The Labute approximate surface area is 734 Å². The van der Waals surface area contributed by atoms with Gasteiger partial charge in [0.1, 0.15) is 91.6 Å². The Hall–Kier alpha value is -2.48. The van der Waals surface area contributed by atoms with Crippen molar-refractivity contribution >= 4 is 166 Å². The van der Waals surface area contributed by atoms with Gasteiger partial charge < -0.3 is 47.4 Å². The fraction of sp³-hybridized carbons (Fsp3) is 1.00. The summed E-state index contributed by atoms with van der Waals surface area (Å²) in [6.45, 7) is -10.7. The molecule has 5 rings (SSSR count). The Morgan fingerprint density at radius 1 is 0.185 bits per heavy atom. The van der Waals surface area contributed by atoms with Crippen LogP contribution in [0.2, 0.25) is 0 Å². The number of hydrogen-bond acceptors (Lipinski definition) is 58. The van der Waals surface area contributed by atoms with Gasteiger partial charge in [-0.05, 0) is 6.42 Å². The molecule has 5 saturated heterocycles. The van der Waals surface area contributed by atoms with Gasteiger partial charge in [0.05, 0.1) is 33.0 Å². The lowest BCUT2D eigenvalue weighted by Gasteiger charge is -2.51. The fourth-order valence-electron chi connectivity index (χ4n) is 11.8. The molecule has 130 heavy (non-hydrogen) atoms. The van der Waals surface area contributed by atoms with Crippen molar-refractivity contribution in [3.05, 3.63) is 0 Å². The Bertz CT molecular complexity index is 5780. The molecule has 5 aliphatic rings. The van der Waals surface area contributed by atoms with E-state index in [0.717, 1.165) is 19.3 Å². The second kappa shape index (κ2) is 45.8. The number of ether oxygens (including phenoxy) is 10. The third-order valence-electron chi connectivity index (χ3n) is 15.9. The first-order chi connectivity index (χ1) is 58.3. The van der Waals surface area contributed by atoms with Crippen molar-refractivity contribution < 1.29 is 322 Å². The minimum atomic E-state index is -7.00. The van der Waals surface area contributed by atoms with E-state index < -0.39 is 360 Å². The predicted octanol–water partition coefficient (Wildman–Crippen LogP) is -10.5. The van der Waals surface area contributed by atoms with Crippen molar-refractivity contribution in [2.75, 3.05) is 39.6 Å². The van der Waals surface area contributed by atoms with Gasteiger partial charge in [-0.25, -0.2) is 66.9 Å². The van der Waals surface area contributed by atoms with E-state index in [1.165, 1.54) is 0 Å². The van der Waals surface area contributed by atoms with Gasteiger partial charge in [-0.1, -0.05) is 51.9 Å². The molecule has 0 bridgehead atoms. The minimum Gasteiger partial charge on any atom is -0.350 e. The number of hydrogen-bond donors (Lipinski definition) is 16. The Kier molecular flexibility index (Phi) is 41.6. The van der Waals surface area contributed by atoms with Gasteiger partial charge in [-0.15, -0.1) is 0 Å². The monoisotopic (exact) mass is 2250 g/mol. The third kappa shape index (κ3) is 44.3. The molecule has 0 aromatic rings. The normalized spacial score (nSPS) is 31.7. The Balaban J connectivity index is 1.90. The first-order valence-corrected chi connectivity index (χ1v) is 55.0. The van der Waals surface area contributed by atoms with Gasteiger partial charge in [0.25, 0.3) is 0 Å². The second-order valence-electron chi connectivity index (χ2n) is 25.4. The van der Waals surface area contributed by atoms with E-state index in [9.17, 15) is 208 Å². The van der Waals surface area contributed by atoms with Crippen molar-refractivity contribution in [2.24, 2.45) is 0 Å². The van der Waals surface area contributed by atoms with Gasteiger partial charge in [-0.3, -0.25) is 72.8 Å². The molecule has 0 spiro atoms. The largest absolute Gasteiger partial charge is 0.397 e. The molecule has 0 radical (unpaired) electrons. The molecule has 0 amide bonds. The van der Waals surface area contributed by atoms with Crippen LogP contribution in [0.3, 0.4) is 0 Å². The molecule has 0 aliphatic carbocycles. The zero-order valence-electron chi connectivity index (χ0n) is 62.7.